The van der Waals surface area contributed by atoms with Crippen LogP contribution in [0.4, 0.5) is 5.13 Å². The Bertz CT molecular complexity index is 358. The van der Waals surface area contributed by atoms with Crippen LogP contribution >= 0.6 is 11.3 Å². The fourth-order valence-electron chi connectivity index (χ4n) is 1.02. The van der Waals surface area contributed by atoms with Crippen molar-refractivity contribution in [3.8, 4) is 0 Å². The third kappa shape index (κ3) is 1.46. The number of hydrogen-bond acceptors (Lipinski definition) is 3. The van der Waals surface area contributed by atoms with Crippen LogP contribution in [0.3, 0.4) is 0 Å². The summed E-state index contributed by atoms with van der Waals surface area (Å²) in [5.74, 6) is 0. The second-order valence-corrected chi connectivity index (χ2v) is 3.56. The highest BCUT2D eigenvalue weighted by Gasteiger charge is 1.96. The Labute approximate surface area is 74.7 Å². The number of aromatic nitrogens is 1. The average Bonchev–Trinajstić information content (AvgIpc) is 2.63. The highest BCUT2D eigenvalue weighted by molar-refractivity contribution is 7.16. The lowest BCUT2D eigenvalue weighted by Crippen LogP contribution is -1.77. The molecule has 0 bridgehead atoms. The Hall–Kier alpha value is -1.35. The molecule has 2 N–H and O–H groups in total. The van der Waals surface area contributed by atoms with Gasteiger partial charge in [-0.05, 0) is 11.6 Å². The minimum Gasteiger partial charge on any atom is -0.375 e. The summed E-state index contributed by atoms with van der Waals surface area (Å²) >= 11 is 1.50. The van der Waals surface area contributed by atoms with Crippen LogP contribution in [0.1, 0.15) is 4.88 Å². The number of thiazole rings is 1. The smallest absolute Gasteiger partial charge is 0.180 e. The van der Waals surface area contributed by atoms with E-state index in [0.717, 1.165) is 4.88 Å². The molecule has 0 amide bonds. The Kier molecular flexibility index (Phi) is 1.80. The van der Waals surface area contributed by atoms with Crippen LogP contribution in [0.15, 0.2) is 36.1 Å². The summed E-state index contributed by atoms with van der Waals surface area (Å²) in [6.45, 7) is 0. The number of allylic oxidation sites excluding steroid dienone is 5. The highest BCUT2D eigenvalue weighted by atomic mass is 32.1. The molecule has 1 aromatic rings. The van der Waals surface area contributed by atoms with Gasteiger partial charge in [0.2, 0.25) is 0 Å². The monoisotopic (exact) mass is 176 g/mol. The molecule has 1 aliphatic rings. The molecule has 2 rings (SSSR count). The highest BCUT2D eigenvalue weighted by Crippen LogP contribution is 2.19. The topological polar surface area (TPSA) is 38.9 Å². The second-order valence-electron chi connectivity index (χ2n) is 2.46. The lowest BCUT2D eigenvalue weighted by atomic mass is 10.2. The summed E-state index contributed by atoms with van der Waals surface area (Å²) in [6.07, 6.45) is 12.0. The average molecular weight is 176 g/mol. The van der Waals surface area contributed by atoms with Crippen LogP contribution in [0, 0.1) is 0 Å². The number of hydrogen-bond donors (Lipinski definition) is 1. The first-order chi connectivity index (χ1) is 5.84. The normalized spacial score (nSPS) is 14.2. The maximum absolute atomic E-state index is 5.49. The van der Waals surface area contributed by atoms with Gasteiger partial charge in [0.1, 0.15) is 0 Å². The Morgan fingerprint density at radius 3 is 2.67 bits per heavy atom. The molecule has 2 nitrogen and oxygen atoms in total. The van der Waals surface area contributed by atoms with E-state index < -0.39 is 0 Å². The molecule has 0 aromatic carbocycles. The molecule has 1 aliphatic carbocycles. The van der Waals surface area contributed by atoms with Crippen molar-refractivity contribution in [2.75, 3.05) is 5.73 Å². The van der Waals surface area contributed by atoms with Gasteiger partial charge in [0.25, 0.3) is 0 Å². The Balaban J connectivity index is 2.28. The van der Waals surface area contributed by atoms with Crippen molar-refractivity contribution in [3.63, 3.8) is 0 Å². The van der Waals surface area contributed by atoms with Crippen molar-refractivity contribution in [2.24, 2.45) is 0 Å². The van der Waals surface area contributed by atoms with Crippen LogP contribution in [0.2, 0.25) is 0 Å². The quantitative estimate of drug-likeness (QED) is 0.712. The second kappa shape index (κ2) is 2.95. The van der Waals surface area contributed by atoms with E-state index >= 15 is 0 Å². The van der Waals surface area contributed by atoms with Gasteiger partial charge in [-0.1, -0.05) is 35.6 Å². The van der Waals surface area contributed by atoms with Crippen molar-refractivity contribution < 1.29 is 0 Å². The first-order valence-electron chi connectivity index (χ1n) is 3.62. The summed E-state index contributed by atoms with van der Waals surface area (Å²) in [5.41, 5.74) is 6.69. The van der Waals surface area contributed by atoms with E-state index in [4.69, 9.17) is 5.73 Å². The van der Waals surface area contributed by atoms with E-state index in [1.807, 2.05) is 12.2 Å². The lowest BCUT2D eigenvalue weighted by molar-refractivity contribution is 1.42. The van der Waals surface area contributed by atoms with Crippen molar-refractivity contribution in [3.05, 3.63) is 41.0 Å². The van der Waals surface area contributed by atoms with E-state index in [2.05, 4.69) is 23.2 Å². The van der Waals surface area contributed by atoms with Crippen molar-refractivity contribution in [1.82, 2.24) is 4.98 Å². The van der Waals surface area contributed by atoms with Crippen LogP contribution in [0.5, 0.6) is 0 Å². The molecular weight excluding hydrogens is 168 g/mol. The van der Waals surface area contributed by atoms with Gasteiger partial charge in [-0.25, -0.2) is 4.98 Å². The molecule has 3 heteroatoms. The van der Waals surface area contributed by atoms with Crippen LogP contribution in [-0.4, -0.2) is 4.98 Å². The third-order valence-electron chi connectivity index (χ3n) is 1.54. The number of rotatable bonds is 1. The predicted molar refractivity (Wildman–Crippen MR) is 52.8 cm³/mol. The van der Waals surface area contributed by atoms with Gasteiger partial charge in [0.15, 0.2) is 5.13 Å². The van der Waals surface area contributed by atoms with Gasteiger partial charge >= 0.3 is 0 Å². The van der Waals surface area contributed by atoms with E-state index in [1.165, 1.54) is 16.9 Å². The molecule has 12 heavy (non-hydrogen) atoms. The van der Waals surface area contributed by atoms with Gasteiger partial charge in [0, 0.05) is 11.1 Å². The predicted octanol–water partition coefficient (Wildman–Crippen LogP) is 2.23. The van der Waals surface area contributed by atoms with Crippen molar-refractivity contribution >= 4 is 22.5 Å². The van der Waals surface area contributed by atoms with Crippen LogP contribution in [0.25, 0.3) is 6.08 Å². The van der Waals surface area contributed by atoms with E-state index in [9.17, 15) is 0 Å². The fourth-order valence-corrected chi connectivity index (χ4v) is 1.66. The molecule has 1 heterocycles. The first kappa shape index (κ1) is 7.31. The third-order valence-corrected chi connectivity index (χ3v) is 2.31. The fraction of sp³-hybridized carbons (Fsp3) is 0. The van der Waals surface area contributed by atoms with Gasteiger partial charge in [-0.15, -0.1) is 0 Å². The molecule has 60 valence electrons. The summed E-state index contributed by atoms with van der Waals surface area (Å²) in [7, 11) is 0. The van der Waals surface area contributed by atoms with E-state index in [1.54, 1.807) is 6.20 Å². The minimum atomic E-state index is 0.618. The lowest BCUT2D eigenvalue weighted by Gasteiger charge is -1.85. The number of anilines is 1. The van der Waals surface area contributed by atoms with Crippen LogP contribution < -0.4 is 5.73 Å². The SMILES string of the molecule is Nc1ncc(C=C2C=CC=C2)s1. The summed E-state index contributed by atoms with van der Waals surface area (Å²) in [6, 6.07) is 0. The number of nitrogens with zero attached hydrogens (tertiary/aromatic N) is 1. The molecule has 0 atom stereocenters. The summed E-state index contributed by atoms with van der Waals surface area (Å²) < 4.78 is 0. The molecule has 0 saturated heterocycles. The molecule has 0 saturated carbocycles. The minimum absolute atomic E-state index is 0.618. The molecule has 0 spiro atoms. The van der Waals surface area contributed by atoms with Gasteiger partial charge in [-0.2, -0.15) is 0 Å². The van der Waals surface area contributed by atoms with E-state index in [0.29, 0.717) is 5.13 Å². The summed E-state index contributed by atoms with van der Waals surface area (Å²) in [5, 5.41) is 0.618. The molecule has 0 radical (unpaired) electrons. The van der Waals surface area contributed by atoms with Gasteiger partial charge < -0.3 is 5.73 Å². The Morgan fingerprint density at radius 1 is 1.33 bits per heavy atom. The van der Waals surface area contributed by atoms with Crippen LogP contribution in [-0.2, 0) is 0 Å². The van der Waals surface area contributed by atoms with Crippen molar-refractivity contribution in [2.45, 2.75) is 0 Å². The summed E-state index contributed by atoms with van der Waals surface area (Å²) in [4.78, 5) is 5.06. The molecule has 0 unspecified atom stereocenters. The molecule has 0 fully saturated rings. The zero-order chi connectivity index (χ0) is 8.39. The first-order valence-corrected chi connectivity index (χ1v) is 4.44. The van der Waals surface area contributed by atoms with Gasteiger partial charge in [0.05, 0.1) is 0 Å². The number of nitrogen functional groups attached to an aromatic ring is 1. The maximum Gasteiger partial charge on any atom is 0.180 e. The molecule has 0 aliphatic heterocycles. The standard InChI is InChI=1S/C9H8N2S/c10-9-11-6-8(12-9)5-7-3-1-2-4-7/h1-6H,(H2,10,11). The Morgan fingerprint density at radius 2 is 2.08 bits per heavy atom. The maximum atomic E-state index is 5.49. The molecular formula is C9H8N2S. The number of nitrogens with two attached hydrogens (primary N) is 1. The molecule has 1 aromatic heterocycles. The van der Waals surface area contributed by atoms with E-state index in [-0.39, 0.29) is 0 Å². The van der Waals surface area contributed by atoms with Gasteiger partial charge in [-0.3, -0.25) is 0 Å². The largest absolute Gasteiger partial charge is 0.375 e. The zero-order valence-corrected chi connectivity index (χ0v) is 7.21. The van der Waals surface area contributed by atoms with Crippen molar-refractivity contribution in [1.29, 1.82) is 0 Å². The zero-order valence-electron chi connectivity index (χ0n) is 6.40.